The van der Waals surface area contributed by atoms with Gasteiger partial charge in [-0.2, -0.15) is 0 Å². The van der Waals surface area contributed by atoms with E-state index in [1.54, 1.807) is 24.3 Å². The Morgan fingerprint density at radius 3 is 2.60 bits per heavy atom. The molecule has 0 spiro atoms. The van der Waals surface area contributed by atoms with E-state index in [2.05, 4.69) is 10.6 Å². The summed E-state index contributed by atoms with van der Waals surface area (Å²) in [6.45, 7) is 2.15. The second kappa shape index (κ2) is 6.37. The average molecular weight is 296 g/mol. The summed E-state index contributed by atoms with van der Waals surface area (Å²) in [6.07, 6.45) is 3.13. The van der Waals surface area contributed by atoms with Crippen molar-refractivity contribution in [3.8, 4) is 0 Å². The standard InChI is InChI=1S/C14H20N2O3S/c1-20(18,19)13-6-4-11(5-7-13)9-16-14(17)12-3-2-8-15-10-12/h4-7,12,15H,2-3,8-10H2,1H3,(H,16,17)/t12-/m0/s1. The molecule has 110 valence electrons. The Hall–Kier alpha value is -1.40. The van der Waals surface area contributed by atoms with Crippen molar-refractivity contribution in [1.29, 1.82) is 0 Å². The summed E-state index contributed by atoms with van der Waals surface area (Å²) in [5.41, 5.74) is 0.898. The fourth-order valence-electron chi connectivity index (χ4n) is 2.26. The van der Waals surface area contributed by atoms with Crippen LogP contribution in [0.2, 0.25) is 0 Å². The molecule has 1 fully saturated rings. The number of nitrogens with one attached hydrogen (secondary N) is 2. The SMILES string of the molecule is CS(=O)(=O)c1ccc(CNC(=O)[C@H]2CCCNC2)cc1. The predicted octanol–water partition coefficient (Wildman–Crippen LogP) is 0.706. The van der Waals surface area contributed by atoms with Crippen LogP contribution < -0.4 is 10.6 Å². The first-order valence-electron chi connectivity index (χ1n) is 6.74. The smallest absolute Gasteiger partial charge is 0.224 e. The molecule has 1 atom stereocenters. The summed E-state index contributed by atoms with van der Waals surface area (Å²) in [4.78, 5) is 12.2. The molecule has 1 aliphatic rings. The van der Waals surface area contributed by atoms with E-state index in [1.165, 1.54) is 6.26 Å². The van der Waals surface area contributed by atoms with Crippen molar-refractivity contribution in [2.24, 2.45) is 5.92 Å². The molecular weight excluding hydrogens is 276 g/mol. The highest BCUT2D eigenvalue weighted by Gasteiger charge is 2.20. The van der Waals surface area contributed by atoms with Gasteiger partial charge in [-0.3, -0.25) is 4.79 Å². The quantitative estimate of drug-likeness (QED) is 0.858. The highest BCUT2D eigenvalue weighted by molar-refractivity contribution is 7.90. The number of hydrogen-bond acceptors (Lipinski definition) is 4. The largest absolute Gasteiger partial charge is 0.352 e. The van der Waals surface area contributed by atoms with Gasteiger partial charge in [-0.25, -0.2) is 8.42 Å². The van der Waals surface area contributed by atoms with Crippen LogP contribution in [-0.4, -0.2) is 33.7 Å². The zero-order valence-corrected chi connectivity index (χ0v) is 12.4. The minimum absolute atomic E-state index is 0.0408. The lowest BCUT2D eigenvalue weighted by Crippen LogP contribution is -2.40. The van der Waals surface area contributed by atoms with Crippen molar-refractivity contribution in [2.75, 3.05) is 19.3 Å². The van der Waals surface area contributed by atoms with E-state index in [0.717, 1.165) is 31.5 Å². The summed E-state index contributed by atoms with van der Waals surface area (Å²) >= 11 is 0. The molecule has 1 aliphatic heterocycles. The number of amides is 1. The molecular formula is C14H20N2O3S. The molecule has 6 heteroatoms. The summed E-state index contributed by atoms with van der Waals surface area (Å²) in [5, 5.41) is 6.11. The molecule has 0 radical (unpaired) electrons. The maximum absolute atomic E-state index is 12.0. The van der Waals surface area contributed by atoms with Gasteiger partial charge in [0.25, 0.3) is 0 Å². The molecule has 20 heavy (non-hydrogen) atoms. The Kier molecular flexibility index (Phi) is 4.77. The molecule has 0 aromatic heterocycles. The number of sulfone groups is 1. The highest BCUT2D eigenvalue weighted by Crippen LogP contribution is 2.12. The van der Waals surface area contributed by atoms with Gasteiger partial charge in [0.1, 0.15) is 0 Å². The van der Waals surface area contributed by atoms with Gasteiger partial charge in [0.2, 0.25) is 5.91 Å². The third-order valence-corrected chi connectivity index (χ3v) is 4.61. The zero-order chi connectivity index (χ0) is 14.6. The van der Waals surface area contributed by atoms with Crippen molar-refractivity contribution in [1.82, 2.24) is 10.6 Å². The van der Waals surface area contributed by atoms with Crippen LogP contribution in [0.5, 0.6) is 0 Å². The molecule has 5 nitrogen and oxygen atoms in total. The molecule has 1 heterocycles. The Labute approximate surface area is 119 Å². The number of rotatable bonds is 4. The summed E-state index contributed by atoms with van der Waals surface area (Å²) in [5.74, 6) is 0.100. The van der Waals surface area contributed by atoms with Gasteiger partial charge >= 0.3 is 0 Å². The van der Waals surface area contributed by atoms with Gasteiger partial charge in [-0.15, -0.1) is 0 Å². The average Bonchev–Trinajstić information content (AvgIpc) is 2.45. The lowest BCUT2D eigenvalue weighted by atomic mass is 9.99. The second-order valence-corrected chi connectivity index (χ2v) is 7.19. The van der Waals surface area contributed by atoms with E-state index in [4.69, 9.17) is 0 Å². The number of piperidine rings is 1. The van der Waals surface area contributed by atoms with Gasteiger partial charge < -0.3 is 10.6 Å². The first kappa shape index (κ1) is 15.0. The fraction of sp³-hybridized carbons (Fsp3) is 0.500. The molecule has 0 saturated carbocycles. The third kappa shape index (κ3) is 4.05. The fourth-order valence-corrected chi connectivity index (χ4v) is 2.89. The molecule has 0 unspecified atom stereocenters. The van der Waals surface area contributed by atoms with Crippen LogP contribution in [0.4, 0.5) is 0 Å². The monoisotopic (exact) mass is 296 g/mol. The number of carbonyl (C=O) groups is 1. The van der Waals surface area contributed by atoms with Gasteiger partial charge in [0, 0.05) is 19.3 Å². The molecule has 1 amide bonds. The lowest BCUT2D eigenvalue weighted by molar-refractivity contribution is -0.125. The van der Waals surface area contributed by atoms with Crippen molar-refractivity contribution in [3.63, 3.8) is 0 Å². The molecule has 0 aliphatic carbocycles. The van der Waals surface area contributed by atoms with E-state index in [1.807, 2.05) is 0 Å². The number of carbonyl (C=O) groups excluding carboxylic acids is 1. The van der Waals surface area contributed by atoms with Crippen LogP contribution in [-0.2, 0) is 21.2 Å². The second-order valence-electron chi connectivity index (χ2n) is 5.18. The van der Waals surface area contributed by atoms with E-state index in [0.29, 0.717) is 11.4 Å². The van der Waals surface area contributed by atoms with Crippen LogP contribution in [0.3, 0.4) is 0 Å². The van der Waals surface area contributed by atoms with Gasteiger partial charge in [0.05, 0.1) is 10.8 Å². The van der Waals surface area contributed by atoms with Crippen LogP contribution in [0.25, 0.3) is 0 Å². The van der Waals surface area contributed by atoms with Crippen molar-refractivity contribution in [3.05, 3.63) is 29.8 Å². The van der Waals surface area contributed by atoms with E-state index < -0.39 is 9.84 Å². The van der Waals surface area contributed by atoms with E-state index >= 15 is 0 Å². The third-order valence-electron chi connectivity index (χ3n) is 3.49. The summed E-state index contributed by atoms with van der Waals surface area (Å²) in [6, 6.07) is 6.60. The molecule has 2 N–H and O–H groups in total. The first-order chi connectivity index (χ1) is 9.47. The predicted molar refractivity (Wildman–Crippen MR) is 77.0 cm³/mol. The van der Waals surface area contributed by atoms with Crippen LogP contribution in [0, 0.1) is 5.92 Å². The Morgan fingerprint density at radius 2 is 2.05 bits per heavy atom. The van der Waals surface area contributed by atoms with Crippen molar-refractivity contribution < 1.29 is 13.2 Å². The maximum Gasteiger partial charge on any atom is 0.224 e. The van der Waals surface area contributed by atoms with Gasteiger partial charge in [-0.05, 0) is 37.1 Å². The van der Waals surface area contributed by atoms with Crippen molar-refractivity contribution in [2.45, 2.75) is 24.3 Å². The highest BCUT2D eigenvalue weighted by atomic mass is 32.2. The minimum atomic E-state index is -3.16. The molecule has 0 bridgehead atoms. The van der Waals surface area contributed by atoms with Gasteiger partial charge in [0.15, 0.2) is 9.84 Å². The summed E-state index contributed by atoms with van der Waals surface area (Å²) in [7, 11) is -3.16. The Bertz CT molecular complexity index is 561. The molecule has 2 rings (SSSR count). The maximum atomic E-state index is 12.0. The molecule has 1 saturated heterocycles. The molecule has 1 aromatic carbocycles. The Balaban J connectivity index is 1.89. The minimum Gasteiger partial charge on any atom is -0.352 e. The zero-order valence-electron chi connectivity index (χ0n) is 11.6. The van der Waals surface area contributed by atoms with Crippen LogP contribution in [0.1, 0.15) is 18.4 Å². The van der Waals surface area contributed by atoms with Gasteiger partial charge in [-0.1, -0.05) is 12.1 Å². The molecule has 1 aromatic rings. The first-order valence-corrected chi connectivity index (χ1v) is 8.63. The van der Waals surface area contributed by atoms with Crippen molar-refractivity contribution >= 4 is 15.7 Å². The van der Waals surface area contributed by atoms with Crippen LogP contribution >= 0.6 is 0 Å². The van der Waals surface area contributed by atoms with E-state index in [-0.39, 0.29) is 11.8 Å². The lowest BCUT2D eigenvalue weighted by Gasteiger charge is -2.21. The van der Waals surface area contributed by atoms with E-state index in [9.17, 15) is 13.2 Å². The summed E-state index contributed by atoms with van der Waals surface area (Å²) < 4.78 is 22.7. The topological polar surface area (TPSA) is 75.3 Å². The number of hydrogen-bond donors (Lipinski definition) is 2. The normalized spacial score (nSPS) is 19.6. The van der Waals surface area contributed by atoms with Crippen LogP contribution in [0.15, 0.2) is 29.2 Å². The Morgan fingerprint density at radius 1 is 1.35 bits per heavy atom. The number of benzene rings is 1.